The van der Waals surface area contributed by atoms with Crippen LogP contribution in [0.25, 0.3) is 0 Å². The van der Waals surface area contributed by atoms with Gasteiger partial charge in [-0.2, -0.15) is 0 Å². The maximum Gasteiger partial charge on any atom is 0.231 e. The largest absolute Gasteiger partial charge is 0.324 e. The standard InChI is InChI=1S/C16H14Cl3NO/c1-2-11(10-6-4-3-5-7-10)16(21)20-15-9-13(18)12(17)8-14(15)19/h3-9,11H,2H2,1H3,(H,20,21)/t11-/m0/s1. The van der Waals surface area contributed by atoms with Gasteiger partial charge in [-0.25, -0.2) is 0 Å². The van der Waals surface area contributed by atoms with Crippen molar-refractivity contribution in [1.82, 2.24) is 0 Å². The molecule has 0 saturated heterocycles. The third-order valence-electron chi connectivity index (χ3n) is 3.19. The Labute approximate surface area is 139 Å². The summed E-state index contributed by atoms with van der Waals surface area (Å²) in [7, 11) is 0. The van der Waals surface area contributed by atoms with Gasteiger partial charge in [-0.1, -0.05) is 72.1 Å². The zero-order valence-electron chi connectivity index (χ0n) is 11.4. The highest BCUT2D eigenvalue weighted by atomic mass is 35.5. The minimum Gasteiger partial charge on any atom is -0.324 e. The Morgan fingerprint density at radius 3 is 2.29 bits per heavy atom. The fourth-order valence-corrected chi connectivity index (χ4v) is 2.69. The van der Waals surface area contributed by atoms with Crippen molar-refractivity contribution in [3.8, 4) is 0 Å². The second kappa shape index (κ2) is 7.17. The van der Waals surface area contributed by atoms with Crippen LogP contribution in [-0.2, 0) is 4.79 Å². The van der Waals surface area contributed by atoms with Crippen LogP contribution >= 0.6 is 34.8 Å². The third-order valence-corrected chi connectivity index (χ3v) is 4.23. The van der Waals surface area contributed by atoms with Gasteiger partial charge in [0.2, 0.25) is 5.91 Å². The molecule has 2 rings (SSSR count). The van der Waals surface area contributed by atoms with Gasteiger partial charge in [0.15, 0.2) is 0 Å². The van der Waals surface area contributed by atoms with E-state index in [0.717, 1.165) is 5.56 Å². The fraction of sp³-hybridized carbons (Fsp3) is 0.188. The van der Waals surface area contributed by atoms with Crippen molar-refractivity contribution >= 4 is 46.4 Å². The number of nitrogens with one attached hydrogen (secondary N) is 1. The van der Waals surface area contributed by atoms with E-state index < -0.39 is 0 Å². The molecule has 0 fully saturated rings. The van der Waals surface area contributed by atoms with Gasteiger partial charge in [0, 0.05) is 0 Å². The molecule has 0 bridgehead atoms. The lowest BCUT2D eigenvalue weighted by Crippen LogP contribution is -2.20. The van der Waals surface area contributed by atoms with Crippen molar-refractivity contribution in [2.75, 3.05) is 5.32 Å². The van der Waals surface area contributed by atoms with Crippen molar-refractivity contribution < 1.29 is 4.79 Å². The molecule has 21 heavy (non-hydrogen) atoms. The predicted octanol–water partition coefficient (Wildman–Crippen LogP) is 5.78. The normalized spacial score (nSPS) is 12.0. The van der Waals surface area contributed by atoms with E-state index in [-0.39, 0.29) is 11.8 Å². The lowest BCUT2D eigenvalue weighted by Gasteiger charge is -2.16. The zero-order chi connectivity index (χ0) is 15.4. The zero-order valence-corrected chi connectivity index (χ0v) is 13.6. The van der Waals surface area contributed by atoms with Gasteiger partial charge < -0.3 is 5.32 Å². The minimum absolute atomic E-state index is 0.121. The summed E-state index contributed by atoms with van der Waals surface area (Å²) < 4.78 is 0. The van der Waals surface area contributed by atoms with Gasteiger partial charge in [0.25, 0.3) is 0 Å². The van der Waals surface area contributed by atoms with Crippen LogP contribution in [-0.4, -0.2) is 5.91 Å². The van der Waals surface area contributed by atoms with E-state index in [9.17, 15) is 4.79 Å². The summed E-state index contributed by atoms with van der Waals surface area (Å²) in [5.74, 6) is -0.360. The summed E-state index contributed by atoms with van der Waals surface area (Å²) in [6.07, 6.45) is 0.689. The summed E-state index contributed by atoms with van der Waals surface area (Å²) in [6.45, 7) is 1.97. The van der Waals surface area contributed by atoms with E-state index in [0.29, 0.717) is 27.2 Å². The van der Waals surface area contributed by atoms with Crippen molar-refractivity contribution in [2.45, 2.75) is 19.3 Å². The first-order valence-corrected chi connectivity index (χ1v) is 7.66. The summed E-state index contributed by atoms with van der Waals surface area (Å²) in [4.78, 5) is 12.4. The molecule has 0 radical (unpaired) electrons. The maximum absolute atomic E-state index is 12.4. The molecule has 2 aromatic rings. The molecular weight excluding hydrogens is 329 g/mol. The first-order valence-electron chi connectivity index (χ1n) is 6.53. The van der Waals surface area contributed by atoms with E-state index in [4.69, 9.17) is 34.8 Å². The number of carbonyl (C=O) groups excluding carboxylic acids is 1. The second-order valence-electron chi connectivity index (χ2n) is 4.61. The van der Waals surface area contributed by atoms with E-state index in [1.807, 2.05) is 37.3 Å². The van der Waals surface area contributed by atoms with E-state index in [2.05, 4.69) is 5.32 Å². The van der Waals surface area contributed by atoms with Crippen molar-refractivity contribution in [3.05, 3.63) is 63.1 Å². The number of amides is 1. The van der Waals surface area contributed by atoms with Crippen LogP contribution in [0.2, 0.25) is 15.1 Å². The Bertz CT molecular complexity index is 643. The van der Waals surface area contributed by atoms with Gasteiger partial charge in [-0.05, 0) is 24.1 Å². The van der Waals surface area contributed by atoms with Gasteiger partial charge in [-0.3, -0.25) is 4.79 Å². The van der Waals surface area contributed by atoms with Gasteiger partial charge in [0.05, 0.1) is 26.7 Å². The lowest BCUT2D eigenvalue weighted by atomic mass is 9.95. The number of hydrogen-bond acceptors (Lipinski definition) is 1. The highest BCUT2D eigenvalue weighted by Gasteiger charge is 2.19. The average molecular weight is 343 g/mol. The summed E-state index contributed by atoms with van der Waals surface area (Å²) in [5.41, 5.74) is 1.43. The van der Waals surface area contributed by atoms with Gasteiger partial charge in [0.1, 0.15) is 0 Å². The molecule has 1 atom stereocenters. The average Bonchev–Trinajstić information content (AvgIpc) is 2.46. The molecule has 1 N–H and O–H groups in total. The summed E-state index contributed by atoms with van der Waals surface area (Å²) in [5, 5.41) is 3.88. The van der Waals surface area contributed by atoms with E-state index in [1.165, 1.54) is 6.07 Å². The van der Waals surface area contributed by atoms with Crippen LogP contribution in [0.5, 0.6) is 0 Å². The molecule has 0 unspecified atom stereocenters. The number of anilines is 1. The molecule has 110 valence electrons. The fourth-order valence-electron chi connectivity index (χ4n) is 2.10. The Hall–Kier alpha value is -1.22. The molecule has 2 aromatic carbocycles. The number of halogens is 3. The topological polar surface area (TPSA) is 29.1 Å². The highest BCUT2D eigenvalue weighted by molar-refractivity contribution is 6.44. The molecule has 0 aliphatic heterocycles. The molecule has 0 heterocycles. The van der Waals surface area contributed by atoms with Crippen LogP contribution < -0.4 is 5.32 Å². The quantitative estimate of drug-likeness (QED) is 0.701. The van der Waals surface area contributed by atoms with Crippen LogP contribution in [0.3, 0.4) is 0 Å². The van der Waals surface area contributed by atoms with Crippen LogP contribution in [0.4, 0.5) is 5.69 Å². The van der Waals surface area contributed by atoms with Crippen LogP contribution in [0.15, 0.2) is 42.5 Å². The molecule has 5 heteroatoms. The van der Waals surface area contributed by atoms with Crippen LogP contribution in [0, 0.1) is 0 Å². The van der Waals surface area contributed by atoms with Gasteiger partial charge in [-0.15, -0.1) is 0 Å². The number of carbonyl (C=O) groups is 1. The van der Waals surface area contributed by atoms with E-state index in [1.54, 1.807) is 6.07 Å². The third kappa shape index (κ3) is 3.91. The molecule has 1 amide bonds. The molecule has 0 aliphatic rings. The van der Waals surface area contributed by atoms with Crippen molar-refractivity contribution in [2.24, 2.45) is 0 Å². The van der Waals surface area contributed by atoms with Crippen molar-refractivity contribution in [3.63, 3.8) is 0 Å². The molecule has 0 aliphatic carbocycles. The Morgan fingerprint density at radius 2 is 1.67 bits per heavy atom. The predicted molar refractivity (Wildman–Crippen MR) is 89.6 cm³/mol. The monoisotopic (exact) mass is 341 g/mol. The lowest BCUT2D eigenvalue weighted by molar-refractivity contribution is -0.117. The Balaban J connectivity index is 2.23. The van der Waals surface area contributed by atoms with Crippen LogP contribution in [0.1, 0.15) is 24.8 Å². The summed E-state index contributed by atoms with van der Waals surface area (Å²) in [6, 6.07) is 12.7. The molecule has 0 saturated carbocycles. The first-order chi connectivity index (χ1) is 10.0. The number of hydrogen-bond donors (Lipinski definition) is 1. The molecular formula is C16H14Cl3NO. The second-order valence-corrected chi connectivity index (χ2v) is 5.83. The summed E-state index contributed by atoms with van der Waals surface area (Å²) >= 11 is 17.9. The van der Waals surface area contributed by atoms with E-state index >= 15 is 0 Å². The van der Waals surface area contributed by atoms with Gasteiger partial charge >= 0.3 is 0 Å². The number of rotatable bonds is 4. The molecule has 2 nitrogen and oxygen atoms in total. The first kappa shape index (κ1) is 16.2. The maximum atomic E-state index is 12.4. The van der Waals surface area contributed by atoms with Crippen molar-refractivity contribution in [1.29, 1.82) is 0 Å². The Kier molecular flexibility index (Phi) is 5.51. The molecule has 0 spiro atoms. The SMILES string of the molecule is CC[C@H](C(=O)Nc1cc(Cl)c(Cl)cc1Cl)c1ccccc1. The smallest absolute Gasteiger partial charge is 0.231 e. The number of benzene rings is 2. The Morgan fingerprint density at radius 1 is 1.05 bits per heavy atom. The minimum atomic E-state index is -0.239. The molecule has 0 aromatic heterocycles. The highest BCUT2D eigenvalue weighted by Crippen LogP contribution is 2.33.